The van der Waals surface area contributed by atoms with Crippen LogP contribution in [0.4, 0.5) is 5.69 Å². The smallest absolute Gasteiger partial charge is 0.248 e. The van der Waals surface area contributed by atoms with Crippen LogP contribution < -0.4 is 10.6 Å². The summed E-state index contributed by atoms with van der Waals surface area (Å²) in [6, 6.07) is 13.1. The summed E-state index contributed by atoms with van der Waals surface area (Å²) in [6.45, 7) is 0. The van der Waals surface area contributed by atoms with E-state index in [9.17, 15) is 4.79 Å². The van der Waals surface area contributed by atoms with Gasteiger partial charge < -0.3 is 10.6 Å². The molecule has 1 saturated carbocycles. The van der Waals surface area contributed by atoms with Gasteiger partial charge in [-0.15, -0.1) is 11.3 Å². The van der Waals surface area contributed by atoms with E-state index in [4.69, 9.17) is 5.26 Å². The van der Waals surface area contributed by atoms with Crippen LogP contribution in [-0.2, 0) is 4.79 Å². The normalized spacial score (nSPS) is 16.1. The molecule has 1 heterocycles. The van der Waals surface area contributed by atoms with Gasteiger partial charge in [0.05, 0.1) is 11.6 Å². The average Bonchev–Trinajstić information content (AvgIpc) is 3.15. The molecule has 1 aliphatic carbocycles. The Morgan fingerprint density at radius 2 is 1.92 bits per heavy atom. The molecular formula is C19H21N3OS. The fourth-order valence-electron chi connectivity index (χ4n) is 3.06. The van der Waals surface area contributed by atoms with Gasteiger partial charge in [-0.05, 0) is 48.6 Å². The molecule has 1 fully saturated rings. The van der Waals surface area contributed by atoms with Gasteiger partial charge in [-0.3, -0.25) is 4.79 Å². The Balaban J connectivity index is 1.73. The van der Waals surface area contributed by atoms with E-state index in [0.29, 0.717) is 5.56 Å². The topological polar surface area (TPSA) is 64.9 Å². The molecule has 2 N–H and O–H groups in total. The van der Waals surface area contributed by atoms with Crippen LogP contribution >= 0.6 is 11.3 Å². The van der Waals surface area contributed by atoms with Crippen LogP contribution in [0, 0.1) is 11.3 Å². The lowest BCUT2D eigenvalue weighted by molar-refractivity contribution is -0.122. The first-order valence-corrected chi connectivity index (χ1v) is 9.25. The molecule has 3 rings (SSSR count). The van der Waals surface area contributed by atoms with Crippen molar-refractivity contribution in [2.75, 3.05) is 5.32 Å². The predicted octanol–water partition coefficient (Wildman–Crippen LogP) is 4.22. The number of carbonyl (C=O) groups excluding carboxylic acids is 1. The van der Waals surface area contributed by atoms with Crippen molar-refractivity contribution < 1.29 is 4.79 Å². The Kier molecular flexibility index (Phi) is 5.50. The van der Waals surface area contributed by atoms with Gasteiger partial charge in [-0.25, -0.2) is 0 Å². The Hall–Kier alpha value is -2.32. The zero-order chi connectivity index (χ0) is 16.8. The summed E-state index contributed by atoms with van der Waals surface area (Å²) in [5, 5.41) is 17.4. The number of thiophene rings is 1. The third-order valence-electron chi connectivity index (χ3n) is 4.37. The molecule has 4 nitrogen and oxygen atoms in total. The minimum Gasteiger partial charge on any atom is -0.369 e. The molecular weight excluding hydrogens is 318 g/mol. The molecule has 1 aliphatic rings. The predicted molar refractivity (Wildman–Crippen MR) is 96.9 cm³/mol. The number of nitrogens with one attached hydrogen (secondary N) is 2. The first kappa shape index (κ1) is 16.5. The molecule has 1 aromatic carbocycles. The number of carbonyl (C=O) groups is 1. The van der Waals surface area contributed by atoms with E-state index in [2.05, 4.69) is 16.7 Å². The van der Waals surface area contributed by atoms with Gasteiger partial charge in [0.25, 0.3) is 0 Å². The summed E-state index contributed by atoms with van der Waals surface area (Å²) in [5.74, 6) is 0.0220. The Morgan fingerprint density at radius 3 is 2.54 bits per heavy atom. The summed E-state index contributed by atoms with van der Waals surface area (Å²) in [5.41, 5.74) is 1.45. The number of nitriles is 1. The lowest BCUT2D eigenvalue weighted by Gasteiger charge is -2.26. The van der Waals surface area contributed by atoms with Crippen LogP contribution in [0.25, 0.3) is 0 Å². The molecule has 0 spiro atoms. The maximum atomic E-state index is 12.8. The molecule has 24 heavy (non-hydrogen) atoms. The van der Waals surface area contributed by atoms with E-state index < -0.39 is 6.04 Å². The lowest BCUT2D eigenvalue weighted by atomic mass is 9.95. The van der Waals surface area contributed by atoms with Crippen molar-refractivity contribution in [2.45, 2.75) is 44.2 Å². The van der Waals surface area contributed by atoms with Crippen LogP contribution in [0.2, 0.25) is 0 Å². The fraction of sp³-hybridized carbons (Fsp3) is 0.368. The van der Waals surface area contributed by atoms with Crippen molar-refractivity contribution in [3.05, 3.63) is 52.2 Å². The Labute approximate surface area is 146 Å². The van der Waals surface area contributed by atoms with Crippen LogP contribution in [0.15, 0.2) is 41.8 Å². The van der Waals surface area contributed by atoms with Gasteiger partial charge in [0.15, 0.2) is 0 Å². The third-order valence-corrected chi connectivity index (χ3v) is 5.30. The Morgan fingerprint density at radius 1 is 1.17 bits per heavy atom. The summed E-state index contributed by atoms with van der Waals surface area (Å²) >= 11 is 1.57. The van der Waals surface area contributed by atoms with E-state index in [1.54, 1.807) is 23.5 Å². The molecule has 0 radical (unpaired) electrons. The van der Waals surface area contributed by atoms with Crippen LogP contribution in [0.1, 0.15) is 48.6 Å². The lowest BCUT2D eigenvalue weighted by Crippen LogP contribution is -2.41. The molecule has 2 aromatic rings. The highest BCUT2D eigenvalue weighted by Gasteiger charge is 2.24. The Bertz CT molecular complexity index is 697. The maximum Gasteiger partial charge on any atom is 0.248 e. The third kappa shape index (κ3) is 4.15. The maximum absolute atomic E-state index is 12.8. The molecule has 124 valence electrons. The molecule has 5 heteroatoms. The second kappa shape index (κ2) is 7.98. The minimum absolute atomic E-state index is 0.0220. The van der Waals surface area contributed by atoms with Crippen molar-refractivity contribution in [1.82, 2.24) is 5.32 Å². The summed E-state index contributed by atoms with van der Waals surface area (Å²) in [7, 11) is 0. The van der Waals surface area contributed by atoms with Gasteiger partial charge in [0.2, 0.25) is 5.91 Å². The van der Waals surface area contributed by atoms with Crippen LogP contribution in [-0.4, -0.2) is 11.9 Å². The average molecular weight is 339 g/mol. The number of rotatable bonds is 5. The number of nitrogens with zero attached hydrogens (tertiary/aromatic N) is 1. The molecule has 0 saturated heterocycles. The first-order chi connectivity index (χ1) is 11.8. The van der Waals surface area contributed by atoms with Crippen molar-refractivity contribution in [3.63, 3.8) is 0 Å². The van der Waals surface area contributed by atoms with Gasteiger partial charge >= 0.3 is 0 Å². The zero-order valence-corrected chi connectivity index (χ0v) is 14.3. The highest BCUT2D eigenvalue weighted by Crippen LogP contribution is 2.25. The van der Waals surface area contributed by atoms with Crippen molar-refractivity contribution in [2.24, 2.45) is 0 Å². The number of hydrogen-bond acceptors (Lipinski definition) is 4. The number of amides is 1. The monoisotopic (exact) mass is 339 g/mol. The summed E-state index contributed by atoms with van der Waals surface area (Å²) in [4.78, 5) is 13.8. The van der Waals surface area contributed by atoms with Gasteiger partial charge in [-0.2, -0.15) is 5.26 Å². The van der Waals surface area contributed by atoms with Gasteiger partial charge in [0.1, 0.15) is 6.04 Å². The SMILES string of the molecule is N#Cc1ccc(NC(C(=O)NC2CCCCC2)c2cccs2)cc1. The minimum atomic E-state index is -0.403. The van der Waals surface area contributed by atoms with Crippen LogP contribution in [0.5, 0.6) is 0 Å². The van der Waals surface area contributed by atoms with Gasteiger partial charge in [0, 0.05) is 16.6 Å². The second-order valence-corrected chi connectivity index (χ2v) is 7.10. The molecule has 1 amide bonds. The van der Waals surface area contributed by atoms with Crippen molar-refractivity contribution in [3.8, 4) is 6.07 Å². The van der Waals surface area contributed by atoms with E-state index in [1.807, 2.05) is 29.6 Å². The van der Waals surface area contributed by atoms with E-state index >= 15 is 0 Å². The standard InChI is InChI=1S/C19H21N3OS/c20-13-14-8-10-16(11-9-14)21-18(17-7-4-12-24-17)19(23)22-15-5-2-1-3-6-15/h4,7-12,15,18,21H,1-3,5-6H2,(H,22,23). The zero-order valence-electron chi connectivity index (χ0n) is 13.5. The van der Waals surface area contributed by atoms with E-state index in [1.165, 1.54) is 19.3 Å². The number of anilines is 1. The number of benzene rings is 1. The van der Waals surface area contributed by atoms with Crippen LogP contribution in [0.3, 0.4) is 0 Å². The van der Waals surface area contributed by atoms with E-state index in [-0.39, 0.29) is 11.9 Å². The fourth-order valence-corrected chi connectivity index (χ4v) is 3.83. The number of hydrogen-bond donors (Lipinski definition) is 2. The second-order valence-electron chi connectivity index (χ2n) is 6.13. The van der Waals surface area contributed by atoms with Crippen molar-refractivity contribution >= 4 is 22.9 Å². The molecule has 0 aliphatic heterocycles. The van der Waals surface area contributed by atoms with Gasteiger partial charge in [-0.1, -0.05) is 25.3 Å². The summed E-state index contributed by atoms with van der Waals surface area (Å²) in [6.07, 6.45) is 5.79. The summed E-state index contributed by atoms with van der Waals surface area (Å²) < 4.78 is 0. The molecule has 1 unspecified atom stereocenters. The first-order valence-electron chi connectivity index (χ1n) is 8.37. The van der Waals surface area contributed by atoms with E-state index in [0.717, 1.165) is 23.4 Å². The molecule has 1 aromatic heterocycles. The molecule has 0 bridgehead atoms. The quantitative estimate of drug-likeness (QED) is 0.857. The molecule has 1 atom stereocenters. The van der Waals surface area contributed by atoms with Crippen molar-refractivity contribution in [1.29, 1.82) is 5.26 Å². The highest BCUT2D eigenvalue weighted by molar-refractivity contribution is 7.10. The highest BCUT2D eigenvalue weighted by atomic mass is 32.1. The largest absolute Gasteiger partial charge is 0.369 e.